The molecule has 224 valence electrons. The molecule has 0 saturated heterocycles. The van der Waals surface area contributed by atoms with Crippen LogP contribution in [0.25, 0.3) is 11.4 Å². The van der Waals surface area contributed by atoms with Crippen molar-refractivity contribution in [2.75, 3.05) is 0 Å². The SMILES string of the molecule is Cc1nnc(CN2Cc3nnc(C)n3-c3ccc(Cl)cc3C2(O)c2ccccc2)n1-c1ccc(Cl)cc1C(=O)c1ccccc1. The van der Waals surface area contributed by atoms with Gasteiger partial charge in [0.1, 0.15) is 11.6 Å². The van der Waals surface area contributed by atoms with Gasteiger partial charge in [0.15, 0.2) is 23.2 Å². The van der Waals surface area contributed by atoms with Gasteiger partial charge in [-0.25, -0.2) is 0 Å². The molecule has 11 heteroatoms. The van der Waals surface area contributed by atoms with Crippen LogP contribution in [0, 0.1) is 13.8 Å². The lowest BCUT2D eigenvalue weighted by Gasteiger charge is -2.39. The molecule has 6 aromatic rings. The monoisotopic (exact) mass is 635 g/mol. The number of hydrogen-bond acceptors (Lipinski definition) is 7. The summed E-state index contributed by atoms with van der Waals surface area (Å²) >= 11 is 13.0. The molecule has 1 aliphatic rings. The van der Waals surface area contributed by atoms with Gasteiger partial charge in [-0.05, 0) is 50.2 Å². The van der Waals surface area contributed by atoms with Crippen LogP contribution in [-0.2, 0) is 18.8 Å². The van der Waals surface area contributed by atoms with Crippen molar-refractivity contribution in [3.05, 3.63) is 153 Å². The first-order valence-electron chi connectivity index (χ1n) is 14.3. The summed E-state index contributed by atoms with van der Waals surface area (Å²) in [4.78, 5) is 15.6. The lowest BCUT2D eigenvalue weighted by Crippen LogP contribution is -2.46. The molecule has 0 aliphatic carbocycles. The summed E-state index contributed by atoms with van der Waals surface area (Å²) in [5, 5.41) is 31.7. The fourth-order valence-electron chi connectivity index (χ4n) is 6.06. The van der Waals surface area contributed by atoms with Crippen molar-refractivity contribution >= 4 is 29.0 Å². The van der Waals surface area contributed by atoms with E-state index in [2.05, 4.69) is 20.4 Å². The number of fused-ring (bicyclic) bond motifs is 3. The number of aliphatic hydroxyl groups is 1. The molecular formula is C34H27Cl2N7O2. The smallest absolute Gasteiger partial charge is 0.195 e. The Morgan fingerprint density at radius 1 is 0.778 bits per heavy atom. The summed E-state index contributed by atoms with van der Waals surface area (Å²) in [6.07, 6.45) is 0. The molecule has 0 radical (unpaired) electrons. The average molecular weight is 637 g/mol. The van der Waals surface area contributed by atoms with Gasteiger partial charge >= 0.3 is 0 Å². The van der Waals surface area contributed by atoms with E-state index in [0.29, 0.717) is 61.3 Å². The van der Waals surface area contributed by atoms with Gasteiger partial charge in [0, 0.05) is 32.3 Å². The molecule has 2 aromatic heterocycles. The number of aryl methyl sites for hydroxylation is 2. The normalized spacial score (nSPS) is 16.2. The summed E-state index contributed by atoms with van der Waals surface area (Å²) in [7, 11) is 0. The molecule has 4 aromatic carbocycles. The molecule has 0 bridgehead atoms. The largest absolute Gasteiger partial charge is 0.367 e. The number of halogens is 2. The Labute approximate surface area is 269 Å². The van der Waals surface area contributed by atoms with E-state index in [0.717, 1.165) is 5.69 Å². The van der Waals surface area contributed by atoms with E-state index < -0.39 is 5.72 Å². The van der Waals surface area contributed by atoms with Gasteiger partial charge in [-0.2, -0.15) is 0 Å². The molecule has 3 heterocycles. The Hall–Kier alpha value is -4.67. The first kappa shape index (κ1) is 29.1. The van der Waals surface area contributed by atoms with Crippen LogP contribution in [0.4, 0.5) is 0 Å². The molecular weight excluding hydrogens is 609 g/mol. The zero-order valence-corrected chi connectivity index (χ0v) is 25.9. The fraction of sp³-hybridized carbons (Fsp3) is 0.147. The highest BCUT2D eigenvalue weighted by Gasteiger charge is 2.44. The minimum absolute atomic E-state index is 0.117. The van der Waals surface area contributed by atoms with E-state index in [1.807, 2.05) is 82.5 Å². The molecule has 0 spiro atoms. The number of ketones is 1. The van der Waals surface area contributed by atoms with Crippen LogP contribution < -0.4 is 0 Å². The van der Waals surface area contributed by atoms with Crippen molar-refractivity contribution in [1.29, 1.82) is 0 Å². The number of rotatable bonds is 6. The van der Waals surface area contributed by atoms with Crippen molar-refractivity contribution in [3.8, 4) is 11.4 Å². The lowest BCUT2D eigenvalue weighted by molar-refractivity contribution is -0.0927. The van der Waals surface area contributed by atoms with E-state index in [-0.39, 0.29) is 18.9 Å². The summed E-state index contributed by atoms with van der Waals surface area (Å²) in [6, 6.07) is 29.1. The summed E-state index contributed by atoms with van der Waals surface area (Å²) in [5.41, 5.74) is 1.77. The van der Waals surface area contributed by atoms with Gasteiger partial charge in [0.2, 0.25) is 0 Å². The maximum atomic E-state index is 13.8. The second kappa shape index (κ2) is 11.4. The van der Waals surface area contributed by atoms with E-state index in [1.54, 1.807) is 42.5 Å². The van der Waals surface area contributed by atoms with Crippen molar-refractivity contribution in [2.24, 2.45) is 0 Å². The molecule has 9 nitrogen and oxygen atoms in total. The number of aromatic nitrogens is 6. The van der Waals surface area contributed by atoms with E-state index in [4.69, 9.17) is 23.2 Å². The number of hydrogen-bond donors (Lipinski definition) is 1. The predicted molar refractivity (Wildman–Crippen MR) is 171 cm³/mol. The third kappa shape index (κ3) is 4.94. The molecule has 0 saturated carbocycles. The van der Waals surface area contributed by atoms with Gasteiger partial charge in [-0.1, -0.05) is 83.9 Å². The number of benzene rings is 4. The highest BCUT2D eigenvalue weighted by Crippen LogP contribution is 2.42. The van der Waals surface area contributed by atoms with Crippen molar-refractivity contribution in [1.82, 2.24) is 34.4 Å². The first-order chi connectivity index (χ1) is 21.8. The zero-order valence-electron chi connectivity index (χ0n) is 24.4. The van der Waals surface area contributed by atoms with Crippen LogP contribution in [0.15, 0.2) is 97.1 Å². The van der Waals surface area contributed by atoms with E-state index >= 15 is 0 Å². The average Bonchev–Trinajstić information content (AvgIpc) is 3.58. The molecule has 45 heavy (non-hydrogen) atoms. The summed E-state index contributed by atoms with van der Waals surface area (Å²) in [6.45, 7) is 4.02. The first-order valence-corrected chi connectivity index (χ1v) is 15.1. The zero-order chi connectivity index (χ0) is 31.3. The maximum Gasteiger partial charge on any atom is 0.195 e. The number of carbonyl (C=O) groups is 1. The summed E-state index contributed by atoms with van der Waals surface area (Å²) < 4.78 is 3.77. The third-order valence-electron chi connectivity index (χ3n) is 8.14. The van der Waals surface area contributed by atoms with Crippen LogP contribution >= 0.6 is 23.2 Å². The third-order valence-corrected chi connectivity index (χ3v) is 8.61. The molecule has 1 atom stereocenters. The van der Waals surface area contributed by atoms with Crippen LogP contribution in [0.2, 0.25) is 10.0 Å². The second-order valence-electron chi connectivity index (χ2n) is 10.9. The Kier molecular flexibility index (Phi) is 7.33. The predicted octanol–water partition coefficient (Wildman–Crippen LogP) is 6.21. The summed E-state index contributed by atoms with van der Waals surface area (Å²) in [5.74, 6) is 2.19. The standard InChI is InChI=1S/C34H27Cl2N7O2/c1-21-37-39-31(42(21)29-15-13-25(35)17-27(29)33(44)23-9-5-3-6-10-23)19-41-20-32-40-38-22(2)43(32)30-16-14-26(36)18-28(30)34(41,45)24-11-7-4-8-12-24/h3-18,45H,19-20H2,1-2H3. The Morgan fingerprint density at radius 3 is 2.13 bits per heavy atom. The van der Waals surface area contributed by atoms with Gasteiger partial charge in [-0.3, -0.25) is 18.8 Å². The molecule has 0 fully saturated rings. The van der Waals surface area contributed by atoms with E-state index in [9.17, 15) is 9.90 Å². The molecule has 1 aliphatic heterocycles. The minimum Gasteiger partial charge on any atom is -0.367 e. The molecule has 0 amide bonds. The maximum absolute atomic E-state index is 13.8. The van der Waals surface area contributed by atoms with Gasteiger partial charge in [-0.15, -0.1) is 20.4 Å². The van der Waals surface area contributed by atoms with Gasteiger partial charge in [0.25, 0.3) is 0 Å². The fourth-order valence-corrected chi connectivity index (χ4v) is 6.41. The second-order valence-corrected chi connectivity index (χ2v) is 11.8. The molecule has 7 rings (SSSR count). The van der Waals surface area contributed by atoms with Crippen LogP contribution in [0.3, 0.4) is 0 Å². The van der Waals surface area contributed by atoms with Crippen LogP contribution in [0.5, 0.6) is 0 Å². The van der Waals surface area contributed by atoms with Crippen LogP contribution in [0.1, 0.15) is 50.3 Å². The van der Waals surface area contributed by atoms with Crippen molar-refractivity contribution < 1.29 is 9.90 Å². The van der Waals surface area contributed by atoms with Crippen LogP contribution in [-0.4, -0.2) is 45.3 Å². The highest BCUT2D eigenvalue weighted by atomic mass is 35.5. The van der Waals surface area contributed by atoms with Crippen molar-refractivity contribution in [2.45, 2.75) is 32.7 Å². The Morgan fingerprint density at radius 2 is 1.40 bits per heavy atom. The Balaban J connectivity index is 1.41. The minimum atomic E-state index is -1.66. The number of carbonyl (C=O) groups excluding carboxylic acids is 1. The highest BCUT2D eigenvalue weighted by molar-refractivity contribution is 6.31. The number of nitrogens with zero attached hydrogens (tertiary/aromatic N) is 7. The Bertz CT molecular complexity index is 2060. The topological polar surface area (TPSA) is 102 Å². The molecule has 1 unspecified atom stereocenters. The lowest BCUT2D eigenvalue weighted by atomic mass is 9.91. The van der Waals surface area contributed by atoms with Crippen molar-refractivity contribution in [3.63, 3.8) is 0 Å². The van der Waals surface area contributed by atoms with Gasteiger partial charge < -0.3 is 5.11 Å². The molecule has 1 N–H and O–H groups in total. The van der Waals surface area contributed by atoms with Gasteiger partial charge in [0.05, 0.1) is 24.5 Å². The van der Waals surface area contributed by atoms with E-state index in [1.165, 1.54) is 0 Å². The quantitative estimate of drug-likeness (QED) is 0.217.